The molecule has 5 rings (SSSR count). The maximum atomic E-state index is 13.0. The monoisotopic (exact) mass is 688 g/mol. The van der Waals surface area contributed by atoms with Gasteiger partial charge in [-0.1, -0.05) is 81.8 Å². The first-order valence-corrected chi connectivity index (χ1v) is 15.9. The number of thioether (sulfide) groups is 1. The van der Waals surface area contributed by atoms with Crippen molar-refractivity contribution >= 4 is 57.1 Å². The summed E-state index contributed by atoms with van der Waals surface area (Å²) in [6.07, 6.45) is 1.58. The molecule has 0 spiro atoms. The molecule has 0 saturated heterocycles. The molecule has 0 aliphatic heterocycles. The van der Waals surface area contributed by atoms with Crippen molar-refractivity contribution in [1.82, 2.24) is 20.2 Å². The highest BCUT2D eigenvalue weighted by Gasteiger charge is 2.21. The molecule has 5 aromatic rings. The van der Waals surface area contributed by atoms with Gasteiger partial charge in [0.25, 0.3) is 5.91 Å². The van der Waals surface area contributed by atoms with Gasteiger partial charge in [0.15, 0.2) is 11.0 Å². The molecule has 1 aromatic heterocycles. The minimum atomic E-state index is -0.499. The second kappa shape index (κ2) is 15.1. The first-order valence-electron chi connectivity index (χ1n) is 13.8. The molecule has 4 aromatic carbocycles. The number of carbonyl (C=O) groups is 1. The van der Waals surface area contributed by atoms with Gasteiger partial charge in [-0.25, -0.2) is 5.43 Å². The van der Waals surface area contributed by atoms with Crippen LogP contribution in [0.2, 0.25) is 5.02 Å². The van der Waals surface area contributed by atoms with Crippen LogP contribution in [-0.4, -0.2) is 32.1 Å². The topological polar surface area (TPSA) is 93.4 Å². The number of carbonyl (C=O) groups excluding carboxylic acids is 1. The molecule has 1 atom stereocenters. The Morgan fingerprint density at radius 2 is 1.84 bits per heavy atom. The number of hydrogen-bond donors (Lipinski definition) is 2. The second-order valence-electron chi connectivity index (χ2n) is 9.83. The molecule has 1 unspecified atom stereocenters. The molecular weight excluding hydrogens is 660 g/mol. The number of hydrazone groups is 1. The molecule has 0 aliphatic carbocycles. The number of amides is 1. The van der Waals surface area contributed by atoms with Crippen LogP contribution in [0.4, 0.5) is 5.69 Å². The Bertz CT molecular complexity index is 1760. The lowest BCUT2D eigenvalue weighted by atomic mass is 10.2. The van der Waals surface area contributed by atoms with Gasteiger partial charge >= 0.3 is 0 Å². The van der Waals surface area contributed by atoms with Crippen molar-refractivity contribution in [2.24, 2.45) is 5.10 Å². The number of nitrogens with zero attached hydrogens (tertiary/aromatic N) is 4. The van der Waals surface area contributed by atoms with Crippen molar-refractivity contribution in [2.45, 2.75) is 37.4 Å². The maximum Gasteiger partial charge on any atom is 0.253 e. The number of aromatic nitrogens is 3. The molecule has 1 heterocycles. The van der Waals surface area contributed by atoms with Crippen LogP contribution in [0, 0.1) is 6.92 Å². The molecule has 0 fully saturated rings. The Morgan fingerprint density at radius 3 is 2.64 bits per heavy atom. The molecule has 11 heteroatoms. The minimum absolute atomic E-state index is 0.266. The van der Waals surface area contributed by atoms with E-state index in [-0.39, 0.29) is 5.91 Å². The Hall–Kier alpha value is -4.12. The summed E-state index contributed by atoms with van der Waals surface area (Å²) in [6.45, 7) is 4.64. The fraction of sp³-hybridized carbons (Fsp3) is 0.152. The van der Waals surface area contributed by atoms with E-state index in [4.69, 9.17) is 16.3 Å². The third-order valence-electron chi connectivity index (χ3n) is 6.57. The molecule has 2 N–H and O–H groups in total. The first-order chi connectivity index (χ1) is 21.4. The van der Waals surface area contributed by atoms with E-state index in [2.05, 4.69) is 42.0 Å². The molecule has 0 radical (unpaired) electrons. The fourth-order valence-electron chi connectivity index (χ4n) is 4.30. The summed E-state index contributed by atoms with van der Waals surface area (Å²) in [4.78, 5) is 13.0. The standard InChI is InChI=1S/C33H30BrClN6O2S/c1-22-17-27(35)15-16-29(22)36-20-31-38-40-33(41(31)28-12-4-3-5-13-28)44-23(2)32(42)39-37-19-25-10-6-7-14-30(25)43-21-24-9-8-11-26(34)18-24/h3-19,23,36H,20-21H2,1-2H3,(H,39,42)/b37-19+. The molecule has 0 aliphatic rings. The average molecular weight is 690 g/mol. The maximum absolute atomic E-state index is 13.0. The van der Waals surface area contributed by atoms with Crippen molar-refractivity contribution in [3.63, 3.8) is 0 Å². The first kappa shape index (κ1) is 31.3. The van der Waals surface area contributed by atoms with E-state index < -0.39 is 5.25 Å². The number of halogens is 2. The highest BCUT2D eigenvalue weighted by atomic mass is 79.9. The number of nitrogens with one attached hydrogen (secondary N) is 2. The average Bonchev–Trinajstić information content (AvgIpc) is 3.42. The lowest BCUT2D eigenvalue weighted by Crippen LogP contribution is -2.27. The van der Waals surface area contributed by atoms with Crippen LogP contribution in [0.1, 0.15) is 29.4 Å². The predicted molar refractivity (Wildman–Crippen MR) is 181 cm³/mol. The zero-order valence-corrected chi connectivity index (χ0v) is 27.2. The Morgan fingerprint density at radius 1 is 1.05 bits per heavy atom. The van der Waals surface area contributed by atoms with Crippen LogP contribution in [0.25, 0.3) is 5.69 Å². The van der Waals surface area contributed by atoms with Crippen LogP contribution in [0.15, 0.2) is 112 Å². The van der Waals surface area contributed by atoms with E-state index >= 15 is 0 Å². The van der Waals surface area contributed by atoms with E-state index in [9.17, 15) is 4.79 Å². The third kappa shape index (κ3) is 8.28. The van der Waals surface area contributed by atoms with Gasteiger partial charge in [-0.3, -0.25) is 9.36 Å². The van der Waals surface area contributed by atoms with Crippen molar-refractivity contribution in [1.29, 1.82) is 0 Å². The lowest BCUT2D eigenvalue weighted by molar-refractivity contribution is -0.120. The number of para-hydroxylation sites is 2. The van der Waals surface area contributed by atoms with E-state index in [0.29, 0.717) is 34.9 Å². The third-order valence-corrected chi connectivity index (χ3v) is 8.34. The van der Waals surface area contributed by atoms with Crippen molar-refractivity contribution < 1.29 is 9.53 Å². The number of rotatable bonds is 12. The van der Waals surface area contributed by atoms with Crippen LogP contribution < -0.4 is 15.5 Å². The second-order valence-corrected chi connectivity index (χ2v) is 12.5. The molecule has 0 saturated carbocycles. The van der Waals surface area contributed by atoms with Crippen LogP contribution >= 0.6 is 39.3 Å². The van der Waals surface area contributed by atoms with Gasteiger partial charge in [-0.15, -0.1) is 10.2 Å². The summed E-state index contributed by atoms with van der Waals surface area (Å²) >= 11 is 10.9. The fourth-order valence-corrected chi connectivity index (χ4v) is 5.86. The summed E-state index contributed by atoms with van der Waals surface area (Å²) < 4.78 is 8.97. The molecule has 44 heavy (non-hydrogen) atoms. The number of hydrogen-bond acceptors (Lipinski definition) is 7. The zero-order chi connectivity index (χ0) is 30.9. The summed E-state index contributed by atoms with van der Waals surface area (Å²) in [5, 5.41) is 17.3. The summed E-state index contributed by atoms with van der Waals surface area (Å²) in [6, 6.07) is 31.0. The largest absolute Gasteiger partial charge is 0.488 e. The van der Waals surface area contributed by atoms with E-state index in [0.717, 1.165) is 32.5 Å². The smallest absolute Gasteiger partial charge is 0.253 e. The summed E-state index contributed by atoms with van der Waals surface area (Å²) in [5.74, 6) is 1.11. The normalized spacial score (nSPS) is 11.8. The zero-order valence-electron chi connectivity index (χ0n) is 24.1. The quantitative estimate of drug-likeness (QED) is 0.0789. The van der Waals surface area contributed by atoms with Crippen molar-refractivity contribution in [3.05, 3.63) is 129 Å². The summed E-state index contributed by atoms with van der Waals surface area (Å²) in [7, 11) is 0. The van der Waals surface area contributed by atoms with Crippen LogP contribution in [-0.2, 0) is 17.9 Å². The highest BCUT2D eigenvalue weighted by Crippen LogP contribution is 2.27. The summed E-state index contributed by atoms with van der Waals surface area (Å²) in [5.41, 5.74) is 7.32. The van der Waals surface area contributed by atoms with E-state index in [1.165, 1.54) is 11.8 Å². The highest BCUT2D eigenvalue weighted by molar-refractivity contribution is 9.10. The number of aryl methyl sites for hydroxylation is 1. The molecule has 224 valence electrons. The Kier molecular flexibility index (Phi) is 10.7. The van der Waals surface area contributed by atoms with Gasteiger partial charge < -0.3 is 10.1 Å². The Labute approximate surface area is 274 Å². The number of ether oxygens (including phenoxy) is 1. The molecular formula is C33H30BrClN6O2S. The molecule has 8 nitrogen and oxygen atoms in total. The van der Waals surface area contributed by atoms with Gasteiger partial charge in [-0.05, 0) is 79.6 Å². The van der Waals surface area contributed by atoms with Gasteiger partial charge in [0.05, 0.1) is 18.0 Å². The number of anilines is 1. The minimum Gasteiger partial charge on any atom is -0.488 e. The molecule has 0 bridgehead atoms. The Balaban J connectivity index is 1.24. The predicted octanol–water partition coefficient (Wildman–Crippen LogP) is 7.81. The van der Waals surface area contributed by atoms with Gasteiger partial charge in [0.2, 0.25) is 0 Å². The van der Waals surface area contributed by atoms with Gasteiger partial charge in [-0.2, -0.15) is 5.10 Å². The van der Waals surface area contributed by atoms with Gasteiger partial charge in [0, 0.05) is 26.4 Å². The lowest BCUT2D eigenvalue weighted by Gasteiger charge is -2.14. The van der Waals surface area contributed by atoms with E-state index in [1.54, 1.807) is 6.21 Å². The van der Waals surface area contributed by atoms with Crippen molar-refractivity contribution in [3.8, 4) is 11.4 Å². The van der Waals surface area contributed by atoms with Crippen molar-refractivity contribution in [2.75, 3.05) is 5.32 Å². The number of benzene rings is 4. The van der Waals surface area contributed by atoms with E-state index in [1.807, 2.05) is 115 Å². The van der Waals surface area contributed by atoms with Gasteiger partial charge in [0.1, 0.15) is 12.4 Å². The van der Waals surface area contributed by atoms with Crippen LogP contribution in [0.5, 0.6) is 5.75 Å². The molecule has 1 amide bonds. The SMILES string of the molecule is Cc1cc(Cl)ccc1NCc1nnc(SC(C)C(=O)N/N=C/c2ccccc2OCc2cccc(Br)c2)n1-c1ccccc1. The van der Waals surface area contributed by atoms with Crippen LogP contribution in [0.3, 0.4) is 0 Å².